The zero-order chi connectivity index (χ0) is 13.4. The molecule has 3 nitrogen and oxygen atoms in total. The highest BCUT2D eigenvalue weighted by molar-refractivity contribution is 9.11. The van der Waals surface area contributed by atoms with E-state index in [1.54, 1.807) is 11.3 Å². The summed E-state index contributed by atoms with van der Waals surface area (Å²) in [5.74, 6) is 0.305. The summed E-state index contributed by atoms with van der Waals surface area (Å²) in [6.45, 7) is 0. The van der Waals surface area contributed by atoms with Crippen molar-refractivity contribution in [3.63, 3.8) is 0 Å². The predicted molar refractivity (Wildman–Crippen MR) is 82.4 cm³/mol. The van der Waals surface area contributed by atoms with Crippen LogP contribution in [0.5, 0.6) is 0 Å². The first-order valence-corrected chi connectivity index (χ1v) is 7.45. The first kappa shape index (κ1) is 12.7. The number of halogens is 2. The van der Waals surface area contributed by atoms with Gasteiger partial charge in [0.2, 0.25) is 5.88 Å². The standard InChI is InChI=1S/C13H8BrClN2OS/c14-10-5-8(6-19-10)12-11(13(16)18-17-12)7-1-3-9(15)4-2-7/h1-6H,16H2. The van der Waals surface area contributed by atoms with Gasteiger partial charge in [-0.2, -0.15) is 0 Å². The van der Waals surface area contributed by atoms with Crippen LogP contribution in [0.4, 0.5) is 5.88 Å². The quantitative estimate of drug-likeness (QED) is 0.698. The summed E-state index contributed by atoms with van der Waals surface area (Å²) in [6, 6.07) is 9.42. The van der Waals surface area contributed by atoms with Gasteiger partial charge in [0.1, 0.15) is 5.69 Å². The Morgan fingerprint density at radius 2 is 1.95 bits per heavy atom. The van der Waals surface area contributed by atoms with Crippen molar-refractivity contribution >= 4 is 44.8 Å². The van der Waals surface area contributed by atoms with Crippen molar-refractivity contribution in [3.8, 4) is 22.4 Å². The number of nitrogens with zero attached hydrogens (tertiary/aromatic N) is 1. The Balaban J connectivity index is 2.16. The maximum absolute atomic E-state index is 5.90. The maximum atomic E-state index is 5.90. The molecule has 0 fully saturated rings. The van der Waals surface area contributed by atoms with Crippen LogP contribution in [-0.2, 0) is 0 Å². The molecule has 0 amide bonds. The number of hydrogen-bond acceptors (Lipinski definition) is 4. The number of hydrogen-bond donors (Lipinski definition) is 1. The van der Waals surface area contributed by atoms with E-state index < -0.39 is 0 Å². The molecule has 0 aliphatic carbocycles. The first-order valence-electron chi connectivity index (χ1n) is 5.40. The lowest BCUT2D eigenvalue weighted by Gasteiger charge is -2.01. The van der Waals surface area contributed by atoms with Crippen LogP contribution in [0.15, 0.2) is 44.0 Å². The van der Waals surface area contributed by atoms with Crippen LogP contribution in [0.25, 0.3) is 22.4 Å². The Kier molecular flexibility index (Phi) is 3.35. The second kappa shape index (κ2) is 5.00. The third-order valence-corrected chi connectivity index (χ3v) is 4.45. The van der Waals surface area contributed by atoms with Crippen LogP contribution >= 0.6 is 38.9 Å². The van der Waals surface area contributed by atoms with Gasteiger partial charge in [-0.3, -0.25) is 0 Å². The smallest absolute Gasteiger partial charge is 0.230 e. The summed E-state index contributed by atoms with van der Waals surface area (Å²) in [5.41, 5.74) is 9.32. The molecule has 19 heavy (non-hydrogen) atoms. The molecule has 2 aromatic heterocycles. The molecule has 0 atom stereocenters. The summed E-state index contributed by atoms with van der Waals surface area (Å²) in [6.07, 6.45) is 0. The van der Waals surface area contributed by atoms with Gasteiger partial charge in [-0.05, 0) is 39.7 Å². The third kappa shape index (κ3) is 2.41. The number of nitrogen functional groups attached to an aromatic ring is 1. The summed E-state index contributed by atoms with van der Waals surface area (Å²) in [7, 11) is 0. The van der Waals surface area contributed by atoms with Gasteiger partial charge >= 0.3 is 0 Å². The van der Waals surface area contributed by atoms with E-state index in [9.17, 15) is 0 Å². The Morgan fingerprint density at radius 3 is 2.58 bits per heavy atom. The Morgan fingerprint density at radius 1 is 1.21 bits per heavy atom. The normalized spacial score (nSPS) is 10.8. The fraction of sp³-hybridized carbons (Fsp3) is 0. The lowest BCUT2D eigenvalue weighted by Crippen LogP contribution is -1.86. The average molecular weight is 356 g/mol. The Bertz CT molecular complexity index is 721. The van der Waals surface area contributed by atoms with Gasteiger partial charge in [-0.1, -0.05) is 28.9 Å². The molecule has 6 heteroatoms. The largest absolute Gasteiger partial charge is 0.367 e. The molecule has 0 saturated carbocycles. The molecule has 0 spiro atoms. The summed E-state index contributed by atoms with van der Waals surface area (Å²) in [4.78, 5) is 0. The summed E-state index contributed by atoms with van der Waals surface area (Å²) < 4.78 is 6.16. The molecule has 3 rings (SSSR count). The van der Waals surface area contributed by atoms with Crippen molar-refractivity contribution in [2.24, 2.45) is 0 Å². The van der Waals surface area contributed by atoms with Crippen molar-refractivity contribution in [2.75, 3.05) is 5.73 Å². The molecule has 0 aliphatic heterocycles. The van der Waals surface area contributed by atoms with Crippen molar-refractivity contribution in [1.82, 2.24) is 5.16 Å². The van der Waals surface area contributed by atoms with Gasteiger partial charge in [0.15, 0.2) is 0 Å². The van der Waals surface area contributed by atoms with Crippen molar-refractivity contribution in [3.05, 3.63) is 44.5 Å². The first-order chi connectivity index (χ1) is 9.15. The van der Waals surface area contributed by atoms with E-state index in [4.69, 9.17) is 21.9 Å². The van der Waals surface area contributed by atoms with Crippen LogP contribution < -0.4 is 5.73 Å². The zero-order valence-electron chi connectivity index (χ0n) is 9.56. The van der Waals surface area contributed by atoms with Gasteiger partial charge in [0, 0.05) is 16.0 Å². The molecule has 0 aliphatic rings. The van der Waals surface area contributed by atoms with Gasteiger partial charge in [0.25, 0.3) is 0 Å². The monoisotopic (exact) mass is 354 g/mol. The minimum absolute atomic E-state index is 0.305. The highest BCUT2D eigenvalue weighted by Gasteiger charge is 2.18. The zero-order valence-corrected chi connectivity index (χ0v) is 12.7. The molecule has 0 saturated heterocycles. The molecule has 3 aromatic rings. The molecule has 0 radical (unpaired) electrons. The fourth-order valence-electron chi connectivity index (χ4n) is 1.83. The van der Waals surface area contributed by atoms with E-state index in [0.29, 0.717) is 10.9 Å². The Labute approximate surface area is 127 Å². The van der Waals surface area contributed by atoms with E-state index >= 15 is 0 Å². The molecule has 0 unspecified atom stereocenters. The Hall–Kier alpha value is -1.30. The number of rotatable bonds is 2. The number of thiophene rings is 1. The topological polar surface area (TPSA) is 52.0 Å². The van der Waals surface area contributed by atoms with E-state index in [1.165, 1.54) is 0 Å². The highest BCUT2D eigenvalue weighted by Crippen LogP contribution is 2.38. The highest BCUT2D eigenvalue weighted by atomic mass is 79.9. The van der Waals surface area contributed by atoms with Crippen molar-refractivity contribution < 1.29 is 4.52 Å². The molecule has 96 valence electrons. The molecule has 0 bridgehead atoms. The van der Waals surface area contributed by atoms with Gasteiger partial charge in [-0.15, -0.1) is 11.3 Å². The molecular weight excluding hydrogens is 348 g/mol. The number of benzene rings is 1. The molecular formula is C13H8BrClN2OS. The van der Waals surface area contributed by atoms with E-state index in [2.05, 4.69) is 21.1 Å². The van der Waals surface area contributed by atoms with E-state index in [1.807, 2.05) is 35.7 Å². The number of nitrogens with two attached hydrogens (primary N) is 1. The molecule has 1 aromatic carbocycles. The lowest BCUT2D eigenvalue weighted by molar-refractivity contribution is 0.439. The average Bonchev–Trinajstić information content (AvgIpc) is 2.97. The second-order valence-corrected chi connectivity index (χ2v) is 6.64. The van der Waals surface area contributed by atoms with Crippen molar-refractivity contribution in [1.29, 1.82) is 0 Å². The minimum atomic E-state index is 0.305. The van der Waals surface area contributed by atoms with Crippen LogP contribution in [0.1, 0.15) is 0 Å². The van der Waals surface area contributed by atoms with Gasteiger partial charge in [-0.25, -0.2) is 0 Å². The number of anilines is 1. The number of aromatic nitrogens is 1. The second-order valence-electron chi connectivity index (χ2n) is 3.92. The van der Waals surface area contributed by atoms with Crippen LogP contribution in [-0.4, -0.2) is 5.16 Å². The third-order valence-electron chi connectivity index (χ3n) is 2.69. The van der Waals surface area contributed by atoms with E-state index in [0.717, 1.165) is 26.2 Å². The molecule has 2 N–H and O–H groups in total. The predicted octanol–water partition coefficient (Wildman–Crippen LogP) is 5.07. The lowest BCUT2D eigenvalue weighted by atomic mass is 10.0. The maximum Gasteiger partial charge on any atom is 0.230 e. The fourth-order valence-corrected chi connectivity index (χ4v) is 3.10. The van der Waals surface area contributed by atoms with E-state index in [-0.39, 0.29) is 0 Å². The van der Waals surface area contributed by atoms with Crippen LogP contribution in [0.3, 0.4) is 0 Å². The van der Waals surface area contributed by atoms with Gasteiger partial charge < -0.3 is 10.3 Å². The molecule has 2 heterocycles. The van der Waals surface area contributed by atoms with Crippen molar-refractivity contribution in [2.45, 2.75) is 0 Å². The summed E-state index contributed by atoms with van der Waals surface area (Å²) in [5, 5.41) is 6.73. The minimum Gasteiger partial charge on any atom is -0.367 e. The van der Waals surface area contributed by atoms with Gasteiger partial charge in [0.05, 0.1) is 9.35 Å². The summed E-state index contributed by atoms with van der Waals surface area (Å²) >= 11 is 10.9. The SMILES string of the molecule is Nc1onc(-c2csc(Br)c2)c1-c1ccc(Cl)cc1. The van der Waals surface area contributed by atoms with Crippen LogP contribution in [0.2, 0.25) is 5.02 Å². The van der Waals surface area contributed by atoms with Crippen LogP contribution in [0, 0.1) is 0 Å².